The van der Waals surface area contributed by atoms with Crippen molar-refractivity contribution in [2.45, 2.75) is 38.4 Å². The van der Waals surface area contributed by atoms with E-state index in [9.17, 15) is 9.59 Å². The average molecular weight is 517 g/mol. The number of carbonyl (C=O) groups is 2. The Hall–Kier alpha value is -4.11. The predicted octanol–water partition coefficient (Wildman–Crippen LogP) is 4.38. The van der Waals surface area contributed by atoms with E-state index in [0.717, 1.165) is 43.7 Å². The number of hydrogen-bond acceptors (Lipinski definition) is 6. The van der Waals surface area contributed by atoms with Crippen LogP contribution in [0.25, 0.3) is 0 Å². The number of aromatic nitrogens is 1. The quantitative estimate of drug-likeness (QED) is 0.435. The molecule has 3 aromatic rings. The summed E-state index contributed by atoms with van der Waals surface area (Å²) in [4.78, 5) is 32.4. The highest BCUT2D eigenvalue weighted by molar-refractivity contribution is 5.77. The van der Waals surface area contributed by atoms with Gasteiger partial charge in [0.1, 0.15) is 11.5 Å². The fourth-order valence-electron chi connectivity index (χ4n) is 5.15. The van der Waals surface area contributed by atoms with Gasteiger partial charge >= 0.3 is 12.0 Å². The second kappa shape index (κ2) is 11.5. The lowest BCUT2D eigenvalue weighted by atomic mass is 9.98. The second-order valence-electron chi connectivity index (χ2n) is 9.68. The van der Waals surface area contributed by atoms with Crippen LogP contribution in [-0.2, 0) is 11.3 Å². The number of nitrogens with one attached hydrogen (secondary N) is 1. The van der Waals surface area contributed by atoms with Gasteiger partial charge in [-0.05, 0) is 55.2 Å². The van der Waals surface area contributed by atoms with E-state index in [-0.39, 0.29) is 24.7 Å². The number of urea groups is 1. The van der Waals surface area contributed by atoms with Crippen LogP contribution in [0.3, 0.4) is 0 Å². The Labute approximate surface area is 222 Å². The molecule has 1 aromatic heterocycles. The third-order valence-corrected chi connectivity index (χ3v) is 7.12. The van der Waals surface area contributed by atoms with Crippen LogP contribution in [0, 0.1) is 6.92 Å². The number of aryl methyl sites for hydroxylation is 1. The highest BCUT2D eigenvalue weighted by atomic mass is 16.5. The van der Waals surface area contributed by atoms with Gasteiger partial charge in [0.05, 0.1) is 6.04 Å². The van der Waals surface area contributed by atoms with Crippen molar-refractivity contribution in [3.63, 3.8) is 0 Å². The van der Waals surface area contributed by atoms with Crippen molar-refractivity contribution in [1.29, 1.82) is 0 Å². The Morgan fingerprint density at radius 2 is 1.74 bits per heavy atom. The van der Waals surface area contributed by atoms with Crippen molar-refractivity contribution in [3.8, 4) is 17.4 Å². The molecule has 0 saturated carbocycles. The van der Waals surface area contributed by atoms with Gasteiger partial charge in [-0.15, -0.1) is 0 Å². The number of carbonyl (C=O) groups excluding carboxylic acids is 1. The number of carboxylic acids is 1. The van der Waals surface area contributed by atoms with Gasteiger partial charge in [-0.2, -0.15) is 0 Å². The number of amides is 2. The topological polar surface area (TPSA) is 104 Å². The van der Waals surface area contributed by atoms with Crippen LogP contribution in [0.2, 0.25) is 0 Å². The molecular weight excluding hydrogens is 484 g/mol. The van der Waals surface area contributed by atoms with Gasteiger partial charge in [0.15, 0.2) is 6.61 Å². The van der Waals surface area contributed by atoms with Crippen molar-refractivity contribution in [3.05, 3.63) is 83.6 Å². The van der Waals surface area contributed by atoms with Gasteiger partial charge in [-0.25, -0.2) is 14.6 Å². The summed E-state index contributed by atoms with van der Waals surface area (Å²) in [5, 5.41) is 11.7. The molecule has 0 radical (unpaired) electrons. The minimum absolute atomic E-state index is 0.0374. The number of carboxylic acid groups (broad SMARTS) is 1. The molecule has 2 fully saturated rings. The fourth-order valence-corrected chi connectivity index (χ4v) is 5.15. The molecule has 38 heavy (non-hydrogen) atoms. The van der Waals surface area contributed by atoms with Crippen molar-refractivity contribution in [1.82, 2.24) is 20.1 Å². The Kier molecular flexibility index (Phi) is 7.74. The average Bonchev–Trinajstić information content (AvgIpc) is 3.32. The van der Waals surface area contributed by atoms with Gasteiger partial charge in [-0.3, -0.25) is 4.90 Å². The molecule has 2 aliphatic heterocycles. The van der Waals surface area contributed by atoms with Gasteiger partial charge in [-0.1, -0.05) is 36.4 Å². The molecule has 198 valence electrons. The number of rotatable bonds is 9. The van der Waals surface area contributed by atoms with E-state index < -0.39 is 5.97 Å². The first-order valence-electron chi connectivity index (χ1n) is 12.9. The van der Waals surface area contributed by atoms with Gasteiger partial charge in [0.25, 0.3) is 0 Å². The maximum atomic E-state index is 12.7. The number of benzene rings is 2. The Morgan fingerprint density at radius 1 is 1.03 bits per heavy atom. The molecule has 0 unspecified atom stereocenters. The van der Waals surface area contributed by atoms with E-state index in [4.69, 9.17) is 14.6 Å². The van der Waals surface area contributed by atoms with Crippen LogP contribution in [-0.4, -0.2) is 64.2 Å². The first-order chi connectivity index (χ1) is 18.5. The van der Waals surface area contributed by atoms with E-state index in [0.29, 0.717) is 23.9 Å². The van der Waals surface area contributed by atoms with Crippen molar-refractivity contribution < 1.29 is 24.2 Å². The number of nitrogens with zero attached hydrogens (tertiary/aromatic N) is 3. The highest BCUT2D eigenvalue weighted by Crippen LogP contribution is 2.31. The van der Waals surface area contributed by atoms with Crippen molar-refractivity contribution in [2.75, 3.05) is 26.2 Å². The molecule has 0 bridgehead atoms. The molecule has 1 atom stereocenters. The molecule has 2 amide bonds. The van der Waals surface area contributed by atoms with Crippen LogP contribution in [0.15, 0.2) is 66.7 Å². The van der Waals surface area contributed by atoms with Crippen LogP contribution in [0.1, 0.15) is 35.7 Å². The zero-order valence-electron chi connectivity index (χ0n) is 21.4. The van der Waals surface area contributed by atoms with Gasteiger partial charge in [0, 0.05) is 44.0 Å². The number of likely N-dealkylation sites (tertiary alicyclic amines) is 1. The van der Waals surface area contributed by atoms with Gasteiger partial charge < -0.3 is 24.8 Å². The number of hydrogen-bond donors (Lipinski definition) is 2. The molecule has 9 heteroatoms. The summed E-state index contributed by atoms with van der Waals surface area (Å²) in [6.07, 6.45) is 1.88. The minimum Gasteiger partial charge on any atom is -0.482 e. The minimum atomic E-state index is -1.02. The van der Waals surface area contributed by atoms with E-state index >= 15 is 0 Å². The summed E-state index contributed by atoms with van der Waals surface area (Å²) in [7, 11) is 0. The normalized spacial score (nSPS) is 18.3. The number of pyridine rings is 1. The third kappa shape index (κ3) is 6.06. The lowest BCUT2D eigenvalue weighted by Gasteiger charge is -2.38. The highest BCUT2D eigenvalue weighted by Gasteiger charge is 2.38. The SMILES string of the molecule is Cc1nc(Oc2ccc(OCC(=O)O)cc2)ccc1CN1CCC(N2C(=O)NC[C@H]2c2ccccc2)CC1. The van der Waals surface area contributed by atoms with Crippen LogP contribution >= 0.6 is 0 Å². The number of aliphatic carboxylic acids is 1. The van der Waals surface area contributed by atoms with Crippen LogP contribution < -0.4 is 14.8 Å². The smallest absolute Gasteiger partial charge is 0.341 e. The van der Waals surface area contributed by atoms with Crippen LogP contribution in [0.5, 0.6) is 17.4 Å². The van der Waals surface area contributed by atoms with E-state index in [1.165, 1.54) is 5.56 Å². The van der Waals surface area contributed by atoms with E-state index in [1.807, 2.05) is 37.3 Å². The lowest BCUT2D eigenvalue weighted by molar-refractivity contribution is -0.139. The van der Waals surface area contributed by atoms with E-state index in [1.54, 1.807) is 24.3 Å². The molecule has 3 heterocycles. The van der Waals surface area contributed by atoms with Crippen molar-refractivity contribution >= 4 is 12.0 Å². The largest absolute Gasteiger partial charge is 0.482 e. The number of piperidine rings is 1. The third-order valence-electron chi connectivity index (χ3n) is 7.12. The second-order valence-corrected chi connectivity index (χ2v) is 9.68. The Morgan fingerprint density at radius 3 is 2.42 bits per heavy atom. The fraction of sp³-hybridized carbons (Fsp3) is 0.345. The molecular formula is C29H32N4O5. The van der Waals surface area contributed by atoms with E-state index in [2.05, 4.69) is 32.2 Å². The van der Waals surface area contributed by atoms with Crippen LogP contribution in [0.4, 0.5) is 4.79 Å². The molecule has 2 aliphatic rings. The summed E-state index contributed by atoms with van der Waals surface area (Å²) >= 11 is 0. The zero-order valence-corrected chi connectivity index (χ0v) is 21.4. The summed E-state index contributed by atoms with van der Waals surface area (Å²) < 4.78 is 11.0. The number of ether oxygens (including phenoxy) is 2. The maximum absolute atomic E-state index is 12.7. The summed E-state index contributed by atoms with van der Waals surface area (Å²) in [6, 6.07) is 21.3. The van der Waals surface area contributed by atoms with Crippen molar-refractivity contribution in [2.24, 2.45) is 0 Å². The zero-order chi connectivity index (χ0) is 26.5. The maximum Gasteiger partial charge on any atom is 0.341 e. The molecule has 5 rings (SSSR count). The predicted molar refractivity (Wildman–Crippen MR) is 141 cm³/mol. The monoisotopic (exact) mass is 516 g/mol. The lowest BCUT2D eigenvalue weighted by Crippen LogP contribution is -2.46. The Balaban J connectivity index is 1.14. The molecule has 2 saturated heterocycles. The summed E-state index contributed by atoms with van der Waals surface area (Å²) in [5.41, 5.74) is 3.24. The first kappa shape index (κ1) is 25.5. The Bertz CT molecular complexity index is 1260. The summed E-state index contributed by atoms with van der Waals surface area (Å²) in [5.74, 6) is 0.527. The van der Waals surface area contributed by atoms with Gasteiger partial charge in [0.2, 0.25) is 5.88 Å². The molecule has 9 nitrogen and oxygen atoms in total. The molecule has 2 aromatic carbocycles. The standard InChI is InChI=1S/C29H32N4O5/c1-20-22(7-12-27(31-20)38-25-10-8-24(9-11-25)37-19-28(34)35)18-32-15-13-23(14-16-32)33-26(17-30-29(33)36)21-5-3-2-4-6-21/h2-12,23,26H,13-19H2,1H3,(H,30,36)(H,34,35)/t26-/m0/s1. The molecule has 2 N–H and O–H groups in total. The molecule has 0 spiro atoms. The summed E-state index contributed by atoms with van der Waals surface area (Å²) in [6.45, 7) is 4.90. The first-order valence-corrected chi connectivity index (χ1v) is 12.9. The molecule has 0 aliphatic carbocycles.